The van der Waals surface area contributed by atoms with Crippen LogP contribution in [0.25, 0.3) is 28.5 Å². The molecule has 34 heavy (non-hydrogen) atoms. The van der Waals surface area contributed by atoms with Gasteiger partial charge in [-0.1, -0.05) is 47.7 Å². The highest BCUT2D eigenvalue weighted by atomic mass is 32.2. The smallest absolute Gasteiger partial charge is 0.247 e. The van der Waals surface area contributed by atoms with Crippen LogP contribution >= 0.6 is 11.8 Å². The van der Waals surface area contributed by atoms with Crippen molar-refractivity contribution in [3.8, 4) is 34.3 Å². The molecule has 170 valence electrons. The zero-order valence-electron chi connectivity index (χ0n) is 19.0. The van der Waals surface area contributed by atoms with Gasteiger partial charge in [0.15, 0.2) is 11.0 Å². The molecule has 0 aliphatic heterocycles. The largest absolute Gasteiger partial charge is 0.497 e. The van der Waals surface area contributed by atoms with Crippen molar-refractivity contribution in [2.45, 2.75) is 24.3 Å². The fourth-order valence-corrected chi connectivity index (χ4v) is 4.40. The van der Waals surface area contributed by atoms with E-state index in [1.807, 2.05) is 97.3 Å². The van der Waals surface area contributed by atoms with E-state index >= 15 is 0 Å². The molecule has 0 amide bonds. The second kappa shape index (κ2) is 9.52. The van der Waals surface area contributed by atoms with Gasteiger partial charge in [-0.25, -0.2) is 0 Å². The Labute approximate surface area is 201 Å². The van der Waals surface area contributed by atoms with Crippen LogP contribution in [0.1, 0.15) is 23.6 Å². The first kappa shape index (κ1) is 21.9. The van der Waals surface area contributed by atoms with Crippen LogP contribution < -0.4 is 4.74 Å². The van der Waals surface area contributed by atoms with Crippen LogP contribution in [0.15, 0.2) is 88.4 Å². The summed E-state index contributed by atoms with van der Waals surface area (Å²) in [7, 11) is 1.65. The summed E-state index contributed by atoms with van der Waals surface area (Å²) in [5, 5.41) is 18.2. The Balaban J connectivity index is 1.46. The van der Waals surface area contributed by atoms with Gasteiger partial charge in [0.2, 0.25) is 11.8 Å². The van der Waals surface area contributed by atoms with Gasteiger partial charge in [-0.05, 0) is 62.4 Å². The summed E-state index contributed by atoms with van der Waals surface area (Å²) in [6, 6.07) is 25.9. The third-order valence-electron chi connectivity index (χ3n) is 5.37. The number of benzene rings is 3. The lowest BCUT2D eigenvalue weighted by Gasteiger charge is -2.12. The molecule has 3 aromatic carbocycles. The number of methoxy groups -OCH3 is 1. The first-order valence-corrected chi connectivity index (χ1v) is 11.7. The average Bonchev–Trinajstić information content (AvgIpc) is 3.53. The van der Waals surface area contributed by atoms with E-state index in [4.69, 9.17) is 9.15 Å². The van der Waals surface area contributed by atoms with Crippen molar-refractivity contribution in [3.05, 3.63) is 90.3 Å². The number of thioether (sulfide) groups is 1. The standard InChI is InChI=1S/C26H23N5O2S/c1-17-9-11-20(12-10-17)25-29-28-24(33-25)18(2)34-26-30-27-23(19-13-15-22(32-3)16-14-19)31(26)21-7-5-4-6-8-21/h4-16,18H,1-3H3. The third kappa shape index (κ3) is 4.45. The van der Waals surface area contributed by atoms with Crippen LogP contribution in [0.3, 0.4) is 0 Å². The summed E-state index contributed by atoms with van der Waals surface area (Å²) >= 11 is 1.52. The first-order valence-electron chi connectivity index (χ1n) is 10.8. The van der Waals surface area contributed by atoms with Crippen molar-refractivity contribution >= 4 is 11.8 Å². The third-order valence-corrected chi connectivity index (χ3v) is 6.40. The van der Waals surface area contributed by atoms with Crippen molar-refractivity contribution in [2.75, 3.05) is 7.11 Å². The van der Waals surface area contributed by atoms with Crippen LogP contribution in [0.4, 0.5) is 0 Å². The number of hydrogen-bond acceptors (Lipinski definition) is 7. The van der Waals surface area contributed by atoms with E-state index in [-0.39, 0.29) is 5.25 Å². The van der Waals surface area contributed by atoms with Crippen molar-refractivity contribution in [1.82, 2.24) is 25.0 Å². The van der Waals surface area contributed by atoms with Crippen molar-refractivity contribution in [1.29, 1.82) is 0 Å². The molecule has 0 saturated carbocycles. The predicted molar refractivity (Wildman–Crippen MR) is 132 cm³/mol. The molecule has 0 fully saturated rings. The molecule has 7 nitrogen and oxygen atoms in total. The number of aromatic nitrogens is 5. The number of nitrogens with zero attached hydrogens (tertiary/aromatic N) is 5. The molecule has 5 rings (SSSR count). The van der Waals surface area contributed by atoms with Crippen LogP contribution in [0.2, 0.25) is 0 Å². The molecule has 1 atom stereocenters. The summed E-state index contributed by atoms with van der Waals surface area (Å²) in [5.74, 6) is 2.58. The Hall–Kier alpha value is -3.91. The number of para-hydroxylation sites is 1. The first-order chi connectivity index (χ1) is 16.6. The lowest BCUT2D eigenvalue weighted by Crippen LogP contribution is -2.01. The number of hydrogen-bond donors (Lipinski definition) is 0. The normalized spacial score (nSPS) is 12.0. The quantitative estimate of drug-likeness (QED) is 0.264. The minimum Gasteiger partial charge on any atom is -0.497 e. The number of rotatable bonds is 7. The van der Waals surface area contributed by atoms with Gasteiger partial charge >= 0.3 is 0 Å². The maximum atomic E-state index is 5.99. The van der Waals surface area contributed by atoms with Gasteiger partial charge in [-0.3, -0.25) is 4.57 Å². The van der Waals surface area contributed by atoms with Crippen molar-refractivity contribution < 1.29 is 9.15 Å². The van der Waals surface area contributed by atoms with Crippen LogP contribution in [0, 0.1) is 6.92 Å². The molecule has 0 spiro atoms. The Bertz CT molecular complexity index is 1380. The van der Waals surface area contributed by atoms with Crippen LogP contribution in [-0.4, -0.2) is 32.1 Å². The molecule has 2 heterocycles. The van der Waals surface area contributed by atoms with E-state index < -0.39 is 0 Å². The molecule has 1 unspecified atom stereocenters. The van der Waals surface area contributed by atoms with E-state index in [0.29, 0.717) is 11.8 Å². The van der Waals surface area contributed by atoms with E-state index in [2.05, 4.69) is 20.4 Å². The van der Waals surface area contributed by atoms with Gasteiger partial charge in [-0.2, -0.15) is 0 Å². The molecule has 0 radical (unpaired) electrons. The molecule has 0 aliphatic carbocycles. The molecule has 0 aliphatic rings. The lowest BCUT2D eigenvalue weighted by molar-refractivity contribution is 0.415. The highest BCUT2D eigenvalue weighted by Crippen LogP contribution is 2.37. The molecule has 2 aromatic heterocycles. The van der Waals surface area contributed by atoms with Gasteiger partial charge in [0.25, 0.3) is 0 Å². The van der Waals surface area contributed by atoms with Gasteiger partial charge < -0.3 is 9.15 Å². The second-order valence-electron chi connectivity index (χ2n) is 7.78. The van der Waals surface area contributed by atoms with E-state index in [9.17, 15) is 0 Å². The summed E-state index contributed by atoms with van der Waals surface area (Å²) in [5.41, 5.74) is 3.99. The Morgan fingerprint density at radius 2 is 1.53 bits per heavy atom. The zero-order chi connectivity index (χ0) is 23.5. The highest BCUT2D eigenvalue weighted by molar-refractivity contribution is 7.99. The summed E-state index contributed by atoms with van der Waals surface area (Å²) in [6.07, 6.45) is 0. The van der Waals surface area contributed by atoms with Crippen LogP contribution in [0.5, 0.6) is 5.75 Å². The van der Waals surface area contributed by atoms with Gasteiger partial charge in [0.1, 0.15) is 5.75 Å². The maximum absolute atomic E-state index is 5.99. The summed E-state index contributed by atoms with van der Waals surface area (Å²) in [4.78, 5) is 0. The summed E-state index contributed by atoms with van der Waals surface area (Å²) in [6.45, 7) is 4.07. The second-order valence-corrected chi connectivity index (χ2v) is 9.09. The van der Waals surface area contributed by atoms with Gasteiger partial charge in [0.05, 0.1) is 12.4 Å². The Morgan fingerprint density at radius 3 is 2.24 bits per heavy atom. The van der Waals surface area contributed by atoms with E-state index in [1.165, 1.54) is 17.3 Å². The van der Waals surface area contributed by atoms with E-state index in [0.717, 1.165) is 33.5 Å². The molecule has 8 heteroatoms. The fraction of sp³-hybridized carbons (Fsp3) is 0.154. The monoisotopic (exact) mass is 469 g/mol. The minimum atomic E-state index is -0.123. The van der Waals surface area contributed by atoms with E-state index in [1.54, 1.807) is 7.11 Å². The van der Waals surface area contributed by atoms with Gasteiger partial charge in [-0.15, -0.1) is 20.4 Å². The minimum absolute atomic E-state index is 0.123. The number of ether oxygens (including phenoxy) is 1. The topological polar surface area (TPSA) is 78.9 Å². The zero-order valence-corrected chi connectivity index (χ0v) is 19.9. The van der Waals surface area contributed by atoms with Crippen LogP contribution in [-0.2, 0) is 0 Å². The predicted octanol–water partition coefficient (Wildman–Crippen LogP) is 6.15. The van der Waals surface area contributed by atoms with Crippen molar-refractivity contribution in [3.63, 3.8) is 0 Å². The Kier molecular flexibility index (Phi) is 6.14. The number of aryl methyl sites for hydroxylation is 1. The van der Waals surface area contributed by atoms with Crippen molar-refractivity contribution in [2.24, 2.45) is 0 Å². The maximum Gasteiger partial charge on any atom is 0.247 e. The van der Waals surface area contributed by atoms with Gasteiger partial charge in [0, 0.05) is 16.8 Å². The fourth-order valence-electron chi connectivity index (χ4n) is 3.50. The highest BCUT2D eigenvalue weighted by Gasteiger charge is 2.22. The molecule has 0 saturated heterocycles. The Morgan fingerprint density at radius 1 is 0.824 bits per heavy atom. The molecule has 5 aromatic rings. The summed E-state index contributed by atoms with van der Waals surface area (Å²) < 4.78 is 13.3. The SMILES string of the molecule is COc1ccc(-c2nnc(SC(C)c3nnc(-c4ccc(C)cc4)o3)n2-c2ccccc2)cc1. The molecule has 0 bridgehead atoms. The average molecular weight is 470 g/mol. The molecule has 0 N–H and O–H groups in total. The lowest BCUT2D eigenvalue weighted by atomic mass is 10.1. The molecular weight excluding hydrogens is 446 g/mol. The molecular formula is C26H23N5O2S.